The highest BCUT2D eigenvalue weighted by molar-refractivity contribution is 6.02. The third-order valence-electron chi connectivity index (χ3n) is 6.18. The van der Waals surface area contributed by atoms with Crippen LogP contribution in [0.3, 0.4) is 0 Å². The maximum Gasteiger partial charge on any atom is 0.251 e. The van der Waals surface area contributed by atoms with Crippen molar-refractivity contribution in [3.05, 3.63) is 101 Å². The molecule has 6 aromatic rings. The fraction of sp³-hybridized carbons (Fsp3) is 0.0741. The van der Waals surface area contributed by atoms with E-state index in [-0.39, 0.29) is 18.7 Å². The fourth-order valence-corrected chi connectivity index (χ4v) is 4.62. The van der Waals surface area contributed by atoms with Gasteiger partial charge in [0, 0.05) is 17.0 Å². The van der Waals surface area contributed by atoms with Gasteiger partial charge in [-0.15, -0.1) is 0 Å². The second-order valence-corrected chi connectivity index (χ2v) is 8.17. The average Bonchev–Trinajstić information content (AvgIpc) is 3.57. The van der Waals surface area contributed by atoms with E-state index in [1.165, 1.54) is 0 Å². The fourth-order valence-electron chi connectivity index (χ4n) is 4.62. The number of para-hydroxylation sites is 2. The Bertz CT molecular complexity index is 1750. The lowest BCUT2D eigenvalue weighted by atomic mass is 9.99. The van der Waals surface area contributed by atoms with Gasteiger partial charge in [-0.1, -0.05) is 12.1 Å². The van der Waals surface area contributed by atoms with E-state index in [2.05, 4.69) is 0 Å². The van der Waals surface area contributed by atoms with Crippen LogP contribution < -0.4 is 10.3 Å². The summed E-state index contributed by atoms with van der Waals surface area (Å²) in [6.07, 6.45) is 3.25. The van der Waals surface area contributed by atoms with Crippen molar-refractivity contribution >= 4 is 21.9 Å². The van der Waals surface area contributed by atoms with Gasteiger partial charge in [0.25, 0.3) is 5.56 Å². The summed E-state index contributed by atoms with van der Waals surface area (Å²) in [5.74, 6) is 1.90. The van der Waals surface area contributed by atoms with Crippen molar-refractivity contribution in [2.75, 3.05) is 0 Å². The van der Waals surface area contributed by atoms with Crippen LogP contribution >= 0.6 is 0 Å². The molecule has 1 aliphatic rings. The highest BCUT2D eigenvalue weighted by atomic mass is 16.5. The molecule has 0 fully saturated rings. The molecule has 0 unspecified atom stereocenters. The lowest BCUT2D eigenvalue weighted by Gasteiger charge is -2.22. The Morgan fingerprint density at radius 1 is 0.765 bits per heavy atom. The van der Waals surface area contributed by atoms with Crippen LogP contribution in [-0.2, 0) is 13.2 Å². The number of aromatic nitrogens is 3. The Kier molecular flexibility index (Phi) is 3.99. The number of ether oxygens (including phenoxy) is 1. The first-order valence-electron chi connectivity index (χ1n) is 10.9. The average molecular weight is 447 g/mol. The Balaban J connectivity index is 1.58. The third kappa shape index (κ3) is 2.80. The summed E-state index contributed by atoms with van der Waals surface area (Å²) >= 11 is 0. The molecule has 0 atom stereocenters. The van der Waals surface area contributed by atoms with Crippen LogP contribution in [-0.4, -0.2) is 14.5 Å². The molecular weight excluding hydrogens is 430 g/mol. The van der Waals surface area contributed by atoms with E-state index in [4.69, 9.17) is 23.5 Å². The van der Waals surface area contributed by atoms with Gasteiger partial charge in [0.2, 0.25) is 0 Å². The summed E-state index contributed by atoms with van der Waals surface area (Å²) in [5, 5.41) is 0.844. The van der Waals surface area contributed by atoms with Crippen molar-refractivity contribution < 1.29 is 13.6 Å². The zero-order chi connectivity index (χ0) is 22.6. The third-order valence-corrected chi connectivity index (χ3v) is 6.18. The minimum absolute atomic E-state index is 0.151. The van der Waals surface area contributed by atoms with E-state index in [0.29, 0.717) is 34.2 Å². The van der Waals surface area contributed by atoms with Gasteiger partial charge in [-0.3, -0.25) is 9.36 Å². The van der Waals surface area contributed by atoms with Gasteiger partial charge in [-0.25, -0.2) is 9.97 Å². The van der Waals surface area contributed by atoms with E-state index in [1.807, 2.05) is 60.7 Å². The number of furan rings is 2. The second kappa shape index (κ2) is 7.18. The minimum atomic E-state index is -0.151. The van der Waals surface area contributed by atoms with Crippen LogP contribution in [0.2, 0.25) is 0 Å². The number of hydrogen-bond donors (Lipinski definition) is 0. The Hall–Kier alpha value is -4.65. The Morgan fingerprint density at radius 3 is 2.18 bits per heavy atom. The molecule has 0 aliphatic carbocycles. The van der Waals surface area contributed by atoms with E-state index in [0.717, 1.165) is 27.5 Å². The van der Waals surface area contributed by atoms with Crippen molar-refractivity contribution in [2.45, 2.75) is 13.2 Å². The maximum atomic E-state index is 13.2. The van der Waals surface area contributed by atoms with Gasteiger partial charge >= 0.3 is 0 Å². The Morgan fingerprint density at radius 2 is 1.47 bits per heavy atom. The first-order chi connectivity index (χ1) is 16.8. The molecule has 7 rings (SSSR count). The highest BCUT2D eigenvalue weighted by Gasteiger charge is 2.25. The monoisotopic (exact) mass is 447 g/mol. The minimum Gasteiger partial charge on any atom is -0.484 e. The number of pyridine rings is 1. The van der Waals surface area contributed by atoms with E-state index in [9.17, 15) is 4.79 Å². The molecule has 0 saturated heterocycles. The molecule has 2 aromatic carbocycles. The topological polar surface area (TPSA) is 83.3 Å². The summed E-state index contributed by atoms with van der Waals surface area (Å²) in [6, 6.07) is 20.5. The number of nitrogens with zero attached hydrogens (tertiary/aromatic N) is 3. The lowest BCUT2D eigenvalue weighted by Crippen LogP contribution is -2.24. The molecule has 0 N–H and O–H groups in total. The van der Waals surface area contributed by atoms with E-state index in [1.54, 1.807) is 23.2 Å². The normalized spacial score (nSPS) is 12.8. The largest absolute Gasteiger partial charge is 0.484 e. The molecule has 34 heavy (non-hydrogen) atoms. The molecule has 1 aliphatic heterocycles. The van der Waals surface area contributed by atoms with Gasteiger partial charge < -0.3 is 13.6 Å². The summed E-state index contributed by atoms with van der Waals surface area (Å²) in [5.41, 5.74) is 5.09. The van der Waals surface area contributed by atoms with Crippen LogP contribution in [0.25, 0.3) is 44.6 Å². The molecule has 4 aromatic heterocycles. The summed E-state index contributed by atoms with van der Waals surface area (Å²) in [7, 11) is 0. The number of benzene rings is 2. The van der Waals surface area contributed by atoms with Crippen LogP contribution in [0.5, 0.6) is 5.75 Å². The van der Waals surface area contributed by atoms with Crippen LogP contribution in [0.15, 0.2) is 92.9 Å². The molecule has 5 heterocycles. The quantitative estimate of drug-likeness (QED) is 0.353. The first-order valence-corrected chi connectivity index (χ1v) is 10.9. The van der Waals surface area contributed by atoms with Crippen molar-refractivity contribution in [3.8, 4) is 28.4 Å². The van der Waals surface area contributed by atoms with E-state index >= 15 is 0 Å². The van der Waals surface area contributed by atoms with Crippen molar-refractivity contribution in [2.24, 2.45) is 0 Å². The molecular formula is C27H17N3O4. The number of rotatable bonds is 2. The molecule has 0 bridgehead atoms. The molecule has 7 heteroatoms. The molecule has 0 saturated carbocycles. The highest BCUT2D eigenvalue weighted by Crippen LogP contribution is 2.43. The Labute approximate surface area is 192 Å². The van der Waals surface area contributed by atoms with Gasteiger partial charge in [0.05, 0.1) is 46.9 Å². The first kappa shape index (κ1) is 18.9. The molecule has 0 amide bonds. The predicted octanol–water partition coefficient (Wildman–Crippen LogP) is 5.41. The van der Waals surface area contributed by atoms with Crippen molar-refractivity contribution in [1.82, 2.24) is 14.5 Å². The molecule has 7 nitrogen and oxygen atoms in total. The number of fused-ring (bicyclic) bond motifs is 2. The second-order valence-electron chi connectivity index (χ2n) is 8.17. The van der Waals surface area contributed by atoms with Gasteiger partial charge in [-0.2, -0.15) is 0 Å². The van der Waals surface area contributed by atoms with Crippen LogP contribution in [0, 0.1) is 0 Å². The maximum absolute atomic E-state index is 13.2. The van der Waals surface area contributed by atoms with Crippen molar-refractivity contribution in [3.63, 3.8) is 0 Å². The zero-order valence-corrected chi connectivity index (χ0v) is 17.9. The summed E-state index contributed by atoms with van der Waals surface area (Å²) in [4.78, 5) is 22.8. The van der Waals surface area contributed by atoms with Gasteiger partial charge in [0.15, 0.2) is 5.75 Å². The summed E-state index contributed by atoms with van der Waals surface area (Å²) < 4.78 is 19.6. The van der Waals surface area contributed by atoms with Crippen LogP contribution in [0.1, 0.15) is 11.4 Å². The van der Waals surface area contributed by atoms with Crippen LogP contribution in [0.4, 0.5) is 0 Å². The smallest absolute Gasteiger partial charge is 0.251 e. The standard InChI is InChI=1S/C27H17N3O4/c31-25-10-9-16-17(23-7-3-11-32-23)13-18(24-8-4-12-33-24)27-26(16)30(25)14-21-22(15-34-27)29-20-6-2-1-5-19(20)28-21/h1-13H,14-15H2. The van der Waals surface area contributed by atoms with Crippen molar-refractivity contribution in [1.29, 1.82) is 0 Å². The lowest BCUT2D eigenvalue weighted by molar-refractivity contribution is 0.299. The molecule has 0 spiro atoms. The van der Waals surface area contributed by atoms with E-state index < -0.39 is 0 Å². The zero-order valence-electron chi connectivity index (χ0n) is 17.9. The SMILES string of the molecule is O=c1ccc2c(-c3ccco3)cc(-c3ccco3)c3c2n1Cc1nc2ccccc2nc1CO3. The van der Waals surface area contributed by atoms with Gasteiger partial charge in [-0.05, 0) is 48.5 Å². The van der Waals surface area contributed by atoms with Gasteiger partial charge in [0.1, 0.15) is 23.8 Å². The number of hydrogen-bond acceptors (Lipinski definition) is 6. The predicted molar refractivity (Wildman–Crippen MR) is 127 cm³/mol. The molecule has 164 valence electrons. The summed E-state index contributed by atoms with van der Waals surface area (Å²) in [6.45, 7) is 0.498. The molecule has 0 radical (unpaired) electrons.